The van der Waals surface area contributed by atoms with Crippen molar-refractivity contribution in [1.82, 2.24) is 0 Å². The first kappa shape index (κ1) is 24.6. The molecule has 3 rings (SSSR count). The van der Waals surface area contributed by atoms with Gasteiger partial charge in [-0.3, -0.25) is 4.79 Å². The largest absolute Gasteiger partial charge is 0.426 e. The second-order valence-electron chi connectivity index (χ2n) is 8.71. The molecular formula is C23H33F5O2. The number of ether oxygens (including phenoxy) is 1. The summed E-state index contributed by atoms with van der Waals surface area (Å²) in [6, 6.07) is 1.30. The molecule has 1 aromatic carbocycles. The van der Waals surface area contributed by atoms with E-state index in [-0.39, 0.29) is 20.5 Å². The Balaban J connectivity index is 0.00000240. The first-order chi connectivity index (χ1) is 13.6. The summed E-state index contributed by atoms with van der Waals surface area (Å²) < 4.78 is 70.1. The van der Waals surface area contributed by atoms with Crippen molar-refractivity contribution in [3.8, 4) is 5.75 Å². The third-order valence-corrected chi connectivity index (χ3v) is 6.54. The molecule has 172 valence electrons. The summed E-state index contributed by atoms with van der Waals surface area (Å²) in [6.07, 6.45) is 1.78. The average molecular weight is 437 g/mol. The number of halogens is 5. The normalized spacial score (nSPS) is 27.3. The topological polar surface area (TPSA) is 26.3 Å². The average Bonchev–Trinajstić information content (AvgIpc) is 2.65. The molecule has 2 fully saturated rings. The van der Waals surface area contributed by atoms with Crippen LogP contribution in [0.1, 0.15) is 72.7 Å². The van der Waals surface area contributed by atoms with Gasteiger partial charge < -0.3 is 4.74 Å². The van der Waals surface area contributed by atoms with Gasteiger partial charge in [0.25, 0.3) is 0 Å². The molecule has 7 heteroatoms. The highest BCUT2D eigenvalue weighted by Crippen LogP contribution is 2.41. The second kappa shape index (κ2) is 10.1. The summed E-state index contributed by atoms with van der Waals surface area (Å²) in [5, 5.41) is 0. The smallest absolute Gasteiger partial charge is 0.393 e. The fraction of sp³-hybridized carbons (Fsp3) is 0.696. The number of rotatable bonds is 4. The summed E-state index contributed by atoms with van der Waals surface area (Å²) in [7, 11) is 0. The molecule has 0 atom stereocenters. The van der Waals surface area contributed by atoms with Gasteiger partial charge in [-0.15, -0.1) is 0 Å². The third-order valence-electron chi connectivity index (χ3n) is 6.54. The van der Waals surface area contributed by atoms with Gasteiger partial charge in [0.1, 0.15) is 17.4 Å². The molecule has 2 aliphatic carbocycles. The molecule has 0 N–H and O–H groups in total. The van der Waals surface area contributed by atoms with Gasteiger partial charge in [0, 0.05) is 19.1 Å². The first-order valence-corrected chi connectivity index (χ1v) is 10.4. The maximum atomic E-state index is 13.9. The highest BCUT2D eigenvalue weighted by molar-refractivity contribution is 5.75. The van der Waals surface area contributed by atoms with Crippen molar-refractivity contribution in [2.45, 2.75) is 78.3 Å². The van der Waals surface area contributed by atoms with E-state index in [1.807, 2.05) is 0 Å². The Morgan fingerprint density at radius 1 is 0.967 bits per heavy atom. The number of hydrogen-bond acceptors (Lipinski definition) is 2. The molecule has 0 saturated heterocycles. The van der Waals surface area contributed by atoms with Crippen LogP contribution in [0.15, 0.2) is 12.1 Å². The Morgan fingerprint density at radius 2 is 1.43 bits per heavy atom. The van der Waals surface area contributed by atoms with Crippen molar-refractivity contribution >= 4 is 5.97 Å². The fourth-order valence-electron chi connectivity index (χ4n) is 4.79. The number of esters is 1. The number of alkyl halides is 3. The standard InChI is InChI=1S/C22H27F5O2.CH4.H2/c1-13-2-4-14(5-3-13)15-6-8-16(9-7-15)21(28)29-17-10-19(23)18(20(24)11-17)12-22(25,26)27;;/h10-11,13-16H,2-9,12H2,1H3;1H4;1H. The monoisotopic (exact) mass is 436 g/mol. The summed E-state index contributed by atoms with van der Waals surface area (Å²) in [6.45, 7) is 2.28. The number of carbonyl (C=O) groups excluding carboxylic acids is 1. The molecule has 0 radical (unpaired) electrons. The Kier molecular flexibility index (Phi) is 8.28. The van der Waals surface area contributed by atoms with Gasteiger partial charge in [-0.2, -0.15) is 13.2 Å². The Morgan fingerprint density at radius 3 is 1.90 bits per heavy atom. The number of hydrogen-bond donors (Lipinski definition) is 0. The lowest BCUT2D eigenvalue weighted by molar-refractivity contribution is -0.140. The lowest BCUT2D eigenvalue weighted by Gasteiger charge is -2.36. The Hall–Kier alpha value is -1.66. The highest BCUT2D eigenvalue weighted by atomic mass is 19.4. The third kappa shape index (κ3) is 6.42. The maximum absolute atomic E-state index is 13.9. The van der Waals surface area contributed by atoms with Gasteiger partial charge in [0.05, 0.1) is 12.3 Å². The summed E-state index contributed by atoms with van der Waals surface area (Å²) in [5.74, 6) is -1.89. The number of carbonyl (C=O) groups is 1. The molecule has 0 amide bonds. The lowest BCUT2D eigenvalue weighted by atomic mass is 9.69. The van der Waals surface area contributed by atoms with Gasteiger partial charge >= 0.3 is 12.1 Å². The van der Waals surface area contributed by atoms with Gasteiger partial charge in [-0.1, -0.05) is 27.2 Å². The highest BCUT2D eigenvalue weighted by Gasteiger charge is 2.34. The van der Waals surface area contributed by atoms with Crippen molar-refractivity contribution in [3.63, 3.8) is 0 Å². The van der Waals surface area contributed by atoms with Crippen molar-refractivity contribution in [2.24, 2.45) is 23.7 Å². The van der Waals surface area contributed by atoms with E-state index < -0.39 is 35.8 Å². The SMILES string of the molecule is C.CC1CCC(C2CCC(C(=O)Oc3cc(F)c(CC(F)(F)F)c(F)c3)CC2)CC1.[HH]. The van der Waals surface area contributed by atoms with Crippen LogP contribution in [0.4, 0.5) is 22.0 Å². The van der Waals surface area contributed by atoms with E-state index >= 15 is 0 Å². The van der Waals surface area contributed by atoms with Crippen LogP contribution in [0.5, 0.6) is 5.75 Å². The van der Waals surface area contributed by atoms with Crippen LogP contribution >= 0.6 is 0 Å². The predicted octanol–water partition coefficient (Wildman–Crippen LogP) is 7.49. The molecule has 30 heavy (non-hydrogen) atoms. The molecule has 2 aliphatic rings. The van der Waals surface area contributed by atoms with E-state index in [0.29, 0.717) is 36.8 Å². The van der Waals surface area contributed by atoms with Gasteiger partial charge in [-0.25, -0.2) is 8.78 Å². The first-order valence-electron chi connectivity index (χ1n) is 10.4. The molecule has 0 aromatic heterocycles. The van der Waals surface area contributed by atoms with E-state index in [4.69, 9.17) is 4.74 Å². The lowest BCUT2D eigenvalue weighted by Crippen LogP contribution is -2.30. The van der Waals surface area contributed by atoms with Crippen molar-refractivity contribution in [1.29, 1.82) is 0 Å². The van der Waals surface area contributed by atoms with Crippen LogP contribution in [-0.4, -0.2) is 12.1 Å². The minimum absolute atomic E-state index is 0. The van der Waals surface area contributed by atoms with E-state index in [1.54, 1.807) is 0 Å². The molecule has 1 aromatic rings. The molecule has 0 spiro atoms. The van der Waals surface area contributed by atoms with E-state index in [2.05, 4.69) is 6.92 Å². The van der Waals surface area contributed by atoms with Crippen LogP contribution in [0, 0.1) is 35.3 Å². The minimum Gasteiger partial charge on any atom is -0.426 e. The van der Waals surface area contributed by atoms with Crippen LogP contribution in [0.2, 0.25) is 0 Å². The molecule has 0 bridgehead atoms. The van der Waals surface area contributed by atoms with Gasteiger partial charge in [0.15, 0.2) is 0 Å². The minimum atomic E-state index is -4.73. The zero-order valence-electron chi connectivity index (χ0n) is 16.5. The van der Waals surface area contributed by atoms with E-state index in [1.165, 1.54) is 25.7 Å². The van der Waals surface area contributed by atoms with Crippen LogP contribution in [0.25, 0.3) is 0 Å². The molecule has 0 unspecified atom stereocenters. The second-order valence-corrected chi connectivity index (χ2v) is 8.71. The zero-order valence-corrected chi connectivity index (χ0v) is 16.5. The summed E-state index contributed by atoms with van der Waals surface area (Å²) in [4.78, 5) is 12.4. The molecular weight excluding hydrogens is 403 g/mol. The predicted molar refractivity (Wildman–Crippen MR) is 107 cm³/mol. The van der Waals surface area contributed by atoms with E-state index in [9.17, 15) is 26.7 Å². The van der Waals surface area contributed by atoms with Crippen molar-refractivity contribution in [2.75, 3.05) is 0 Å². The molecule has 0 heterocycles. The van der Waals surface area contributed by atoms with Gasteiger partial charge in [-0.05, 0) is 56.3 Å². The number of benzene rings is 1. The molecule has 0 aliphatic heterocycles. The zero-order chi connectivity index (χ0) is 21.2. The van der Waals surface area contributed by atoms with E-state index in [0.717, 1.165) is 18.8 Å². The fourth-order valence-corrected chi connectivity index (χ4v) is 4.79. The maximum Gasteiger partial charge on any atom is 0.393 e. The van der Waals surface area contributed by atoms with Gasteiger partial charge in [0.2, 0.25) is 0 Å². The summed E-state index contributed by atoms with van der Waals surface area (Å²) in [5.41, 5.74) is -1.07. The Labute approximate surface area is 176 Å². The van der Waals surface area contributed by atoms with Crippen LogP contribution in [0.3, 0.4) is 0 Å². The summed E-state index contributed by atoms with van der Waals surface area (Å²) >= 11 is 0. The van der Waals surface area contributed by atoms with Crippen LogP contribution in [-0.2, 0) is 11.2 Å². The van der Waals surface area contributed by atoms with Crippen LogP contribution < -0.4 is 4.74 Å². The van der Waals surface area contributed by atoms with Crippen molar-refractivity contribution in [3.05, 3.63) is 29.3 Å². The molecule has 2 saturated carbocycles. The Bertz CT molecular complexity index is 698. The van der Waals surface area contributed by atoms with Crippen molar-refractivity contribution < 1.29 is 32.9 Å². The quantitative estimate of drug-likeness (QED) is 0.278. The molecule has 2 nitrogen and oxygen atoms in total.